The fourth-order valence-electron chi connectivity index (χ4n) is 3.23. The summed E-state index contributed by atoms with van der Waals surface area (Å²) in [5.41, 5.74) is 2.45. The van der Waals surface area contributed by atoms with Crippen LogP contribution >= 0.6 is 11.6 Å². The standard InChI is InChI=1S/C18H23ClN4O2/c1-12-17(13(2)22(3)21-12)18(24)23-8-5-14(6-9-23)11-25-16-4-7-20-10-15(16)19/h4,7,10,14H,5-6,8-9,11H2,1-3H3. The fraction of sp³-hybridized carbons (Fsp3) is 0.500. The first-order valence-corrected chi connectivity index (χ1v) is 8.87. The average Bonchev–Trinajstić information content (AvgIpc) is 2.86. The Bertz CT molecular complexity index is 766. The van der Waals surface area contributed by atoms with Crippen LogP contribution in [0.2, 0.25) is 5.02 Å². The molecule has 0 aliphatic carbocycles. The molecule has 0 radical (unpaired) electrons. The van der Waals surface area contributed by atoms with E-state index in [0.29, 0.717) is 23.3 Å². The van der Waals surface area contributed by atoms with Crippen LogP contribution in [-0.4, -0.2) is 45.3 Å². The highest BCUT2D eigenvalue weighted by Crippen LogP contribution is 2.25. The zero-order valence-corrected chi connectivity index (χ0v) is 15.6. The average molecular weight is 363 g/mol. The third-order valence-electron chi connectivity index (χ3n) is 4.83. The molecule has 134 valence electrons. The van der Waals surface area contributed by atoms with E-state index in [1.807, 2.05) is 25.8 Å². The molecule has 0 unspecified atom stereocenters. The Labute approximate surface area is 152 Å². The van der Waals surface area contributed by atoms with Crippen molar-refractivity contribution in [2.24, 2.45) is 13.0 Å². The van der Waals surface area contributed by atoms with Gasteiger partial charge in [0.25, 0.3) is 5.91 Å². The molecule has 2 aromatic heterocycles. The minimum atomic E-state index is 0.0830. The first kappa shape index (κ1) is 17.7. The number of carbonyl (C=O) groups is 1. The Morgan fingerprint density at radius 1 is 1.36 bits per heavy atom. The third-order valence-corrected chi connectivity index (χ3v) is 5.12. The predicted molar refractivity (Wildman–Crippen MR) is 96.1 cm³/mol. The van der Waals surface area contributed by atoms with Gasteiger partial charge in [0.1, 0.15) is 10.8 Å². The highest BCUT2D eigenvalue weighted by molar-refractivity contribution is 6.31. The Morgan fingerprint density at radius 2 is 2.08 bits per heavy atom. The van der Waals surface area contributed by atoms with Crippen LogP contribution in [0, 0.1) is 19.8 Å². The van der Waals surface area contributed by atoms with E-state index in [0.717, 1.165) is 42.9 Å². The van der Waals surface area contributed by atoms with Gasteiger partial charge in [0, 0.05) is 44.3 Å². The van der Waals surface area contributed by atoms with Crippen molar-refractivity contribution < 1.29 is 9.53 Å². The van der Waals surface area contributed by atoms with Gasteiger partial charge >= 0.3 is 0 Å². The van der Waals surface area contributed by atoms with Crippen molar-refractivity contribution in [1.29, 1.82) is 0 Å². The summed E-state index contributed by atoms with van der Waals surface area (Å²) in [6, 6.07) is 1.77. The normalized spacial score (nSPS) is 15.4. The number of hydrogen-bond acceptors (Lipinski definition) is 4. The number of carbonyl (C=O) groups excluding carboxylic acids is 1. The Kier molecular flexibility index (Phi) is 5.27. The molecule has 0 atom stereocenters. The molecule has 0 N–H and O–H groups in total. The summed E-state index contributed by atoms with van der Waals surface area (Å²) in [7, 11) is 1.87. The summed E-state index contributed by atoms with van der Waals surface area (Å²) in [4.78, 5) is 18.7. The second kappa shape index (κ2) is 7.44. The number of ether oxygens (including phenoxy) is 1. The molecule has 25 heavy (non-hydrogen) atoms. The molecule has 7 heteroatoms. The zero-order valence-electron chi connectivity index (χ0n) is 14.8. The van der Waals surface area contributed by atoms with E-state index in [-0.39, 0.29) is 5.91 Å². The summed E-state index contributed by atoms with van der Waals surface area (Å²) in [5.74, 6) is 1.17. The van der Waals surface area contributed by atoms with Crippen LogP contribution in [0.5, 0.6) is 5.75 Å². The maximum absolute atomic E-state index is 12.8. The van der Waals surface area contributed by atoms with Gasteiger partial charge < -0.3 is 9.64 Å². The minimum absolute atomic E-state index is 0.0830. The number of piperidine rings is 1. The SMILES string of the molecule is Cc1nn(C)c(C)c1C(=O)N1CCC(COc2ccncc2Cl)CC1. The summed E-state index contributed by atoms with van der Waals surface area (Å²) < 4.78 is 7.57. The smallest absolute Gasteiger partial charge is 0.257 e. The Hall–Kier alpha value is -2.08. The van der Waals surface area contributed by atoms with Crippen LogP contribution in [0.25, 0.3) is 0 Å². The topological polar surface area (TPSA) is 60.2 Å². The van der Waals surface area contributed by atoms with E-state index in [1.54, 1.807) is 23.1 Å². The molecular formula is C18H23ClN4O2. The number of aryl methyl sites for hydroxylation is 2. The van der Waals surface area contributed by atoms with Crippen molar-refractivity contribution >= 4 is 17.5 Å². The number of hydrogen-bond donors (Lipinski definition) is 0. The lowest BCUT2D eigenvalue weighted by Crippen LogP contribution is -2.40. The lowest BCUT2D eigenvalue weighted by atomic mass is 9.97. The van der Waals surface area contributed by atoms with Crippen LogP contribution in [0.15, 0.2) is 18.5 Å². The minimum Gasteiger partial charge on any atom is -0.492 e. The lowest BCUT2D eigenvalue weighted by Gasteiger charge is -2.32. The van der Waals surface area contributed by atoms with E-state index in [9.17, 15) is 4.79 Å². The predicted octanol–water partition coefficient (Wildman–Crippen LogP) is 3.02. The molecular weight excluding hydrogens is 340 g/mol. The van der Waals surface area contributed by atoms with Gasteiger partial charge in [-0.2, -0.15) is 5.10 Å². The number of pyridine rings is 1. The van der Waals surface area contributed by atoms with Crippen molar-refractivity contribution in [3.05, 3.63) is 40.4 Å². The molecule has 1 aliphatic rings. The quantitative estimate of drug-likeness (QED) is 0.838. The van der Waals surface area contributed by atoms with Crippen molar-refractivity contribution in [1.82, 2.24) is 19.7 Å². The van der Waals surface area contributed by atoms with Crippen molar-refractivity contribution in [3.63, 3.8) is 0 Å². The molecule has 0 bridgehead atoms. The number of aromatic nitrogens is 3. The third kappa shape index (κ3) is 3.79. The van der Waals surface area contributed by atoms with E-state index in [1.165, 1.54) is 0 Å². The Morgan fingerprint density at radius 3 is 2.68 bits per heavy atom. The molecule has 2 aromatic rings. The number of likely N-dealkylation sites (tertiary alicyclic amines) is 1. The molecule has 3 heterocycles. The number of rotatable bonds is 4. The zero-order chi connectivity index (χ0) is 18.0. The number of amides is 1. The van der Waals surface area contributed by atoms with Gasteiger partial charge in [-0.3, -0.25) is 14.5 Å². The highest BCUT2D eigenvalue weighted by Gasteiger charge is 2.27. The van der Waals surface area contributed by atoms with Crippen molar-refractivity contribution in [2.45, 2.75) is 26.7 Å². The molecule has 1 aliphatic heterocycles. The van der Waals surface area contributed by atoms with Crippen LogP contribution < -0.4 is 4.74 Å². The van der Waals surface area contributed by atoms with Crippen LogP contribution in [0.1, 0.15) is 34.6 Å². The van der Waals surface area contributed by atoms with Gasteiger partial charge in [-0.15, -0.1) is 0 Å². The molecule has 1 saturated heterocycles. The monoisotopic (exact) mass is 362 g/mol. The second-order valence-corrected chi connectivity index (χ2v) is 6.93. The maximum Gasteiger partial charge on any atom is 0.257 e. The highest BCUT2D eigenvalue weighted by atomic mass is 35.5. The molecule has 0 spiro atoms. The molecule has 0 saturated carbocycles. The maximum atomic E-state index is 12.8. The summed E-state index contributed by atoms with van der Waals surface area (Å²) in [6.45, 7) is 5.91. The molecule has 6 nitrogen and oxygen atoms in total. The first-order chi connectivity index (χ1) is 12.0. The van der Waals surface area contributed by atoms with Crippen molar-refractivity contribution in [3.8, 4) is 5.75 Å². The molecule has 0 aromatic carbocycles. The summed E-state index contributed by atoms with van der Waals surface area (Å²) >= 11 is 6.06. The van der Waals surface area contributed by atoms with Gasteiger partial charge in [-0.1, -0.05) is 11.6 Å². The first-order valence-electron chi connectivity index (χ1n) is 8.49. The fourth-order valence-corrected chi connectivity index (χ4v) is 3.40. The van der Waals surface area contributed by atoms with Crippen LogP contribution in [-0.2, 0) is 7.05 Å². The number of halogens is 1. The van der Waals surface area contributed by atoms with Gasteiger partial charge in [0.2, 0.25) is 0 Å². The van der Waals surface area contributed by atoms with Gasteiger partial charge in [-0.05, 0) is 32.6 Å². The van der Waals surface area contributed by atoms with E-state index >= 15 is 0 Å². The summed E-state index contributed by atoms with van der Waals surface area (Å²) in [6.07, 6.45) is 5.09. The molecule has 3 rings (SSSR count). The lowest BCUT2D eigenvalue weighted by molar-refractivity contribution is 0.0659. The molecule has 1 amide bonds. The van der Waals surface area contributed by atoms with Crippen LogP contribution in [0.3, 0.4) is 0 Å². The Balaban J connectivity index is 1.55. The van der Waals surface area contributed by atoms with E-state index in [4.69, 9.17) is 16.3 Å². The molecule has 1 fully saturated rings. The summed E-state index contributed by atoms with van der Waals surface area (Å²) in [5, 5.41) is 4.87. The van der Waals surface area contributed by atoms with Crippen molar-refractivity contribution in [2.75, 3.05) is 19.7 Å². The largest absolute Gasteiger partial charge is 0.492 e. The van der Waals surface area contributed by atoms with Gasteiger partial charge in [-0.25, -0.2) is 0 Å². The van der Waals surface area contributed by atoms with E-state index in [2.05, 4.69) is 10.1 Å². The number of nitrogens with zero attached hydrogens (tertiary/aromatic N) is 4. The van der Waals surface area contributed by atoms with Gasteiger partial charge in [0.15, 0.2) is 0 Å². The second-order valence-electron chi connectivity index (χ2n) is 6.52. The van der Waals surface area contributed by atoms with E-state index < -0.39 is 0 Å². The van der Waals surface area contributed by atoms with Gasteiger partial charge in [0.05, 0.1) is 17.9 Å². The van der Waals surface area contributed by atoms with Crippen LogP contribution in [0.4, 0.5) is 0 Å².